The van der Waals surface area contributed by atoms with Gasteiger partial charge in [-0.3, -0.25) is 9.69 Å². The molecule has 146 valence electrons. The zero-order valence-electron chi connectivity index (χ0n) is 14.8. The number of hydrogen-bond acceptors (Lipinski definition) is 6. The minimum Gasteiger partial charge on any atom is -0.379 e. The Morgan fingerprint density at radius 2 is 1.89 bits per heavy atom. The summed E-state index contributed by atoms with van der Waals surface area (Å²) in [4.78, 5) is 15.3. The van der Waals surface area contributed by atoms with Gasteiger partial charge in [-0.05, 0) is 17.7 Å². The van der Waals surface area contributed by atoms with Gasteiger partial charge in [-0.1, -0.05) is 30.3 Å². The van der Waals surface area contributed by atoms with Gasteiger partial charge in [0.25, 0.3) is 0 Å². The van der Waals surface area contributed by atoms with Gasteiger partial charge in [0.2, 0.25) is 15.9 Å². The smallest absolute Gasteiger partial charge is 0.247 e. The molecule has 2 heterocycles. The molecule has 1 aliphatic heterocycles. The summed E-state index contributed by atoms with van der Waals surface area (Å²) in [6.45, 7) is 3.48. The van der Waals surface area contributed by atoms with Gasteiger partial charge in [0.1, 0.15) is 4.21 Å². The van der Waals surface area contributed by atoms with Gasteiger partial charge in [-0.2, -0.15) is 0 Å². The highest BCUT2D eigenvalue weighted by Gasteiger charge is 2.23. The number of carbonyl (C=O) groups is 1. The van der Waals surface area contributed by atoms with Crippen molar-refractivity contribution in [3.05, 3.63) is 52.9 Å². The zero-order chi connectivity index (χ0) is 19.3. The zero-order valence-corrected chi connectivity index (χ0v) is 16.5. The fourth-order valence-electron chi connectivity index (χ4n) is 3.06. The van der Waals surface area contributed by atoms with Crippen LogP contribution in [-0.4, -0.2) is 52.1 Å². The molecule has 1 aliphatic rings. The van der Waals surface area contributed by atoms with Crippen molar-refractivity contribution in [3.63, 3.8) is 0 Å². The minimum atomic E-state index is -3.73. The quantitative estimate of drug-likeness (QED) is 0.714. The molecule has 1 atom stereocenters. The number of carbonyl (C=O) groups excluding carboxylic acids is 1. The van der Waals surface area contributed by atoms with E-state index in [1.807, 2.05) is 18.2 Å². The Morgan fingerprint density at radius 1 is 1.19 bits per heavy atom. The molecule has 1 saturated heterocycles. The number of amides is 1. The third-order valence-electron chi connectivity index (χ3n) is 4.42. The second-order valence-electron chi connectivity index (χ2n) is 6.32. The van der Waals surface area contributed by atoms with Crippen LogP contribution in [-0.2, 0) is 26.0 Å². The van der Waals surface area contributed by atoms with Gasteiger partial charge < -0.3 is 10.1 Å². The van der Waals surface area contributed by atoms with Gasteiger partial charge in [-0.15, -0.1) is 11.3 Å². The van der Waals surface area contributed by atoms with Crippen LogP contribution >= 0.6 is 11.3 Å². The first-order chi connectivity index (χ1) is 12.9. The molecular weight excluding hydrogens is 386 g/mol. The summed E-state index contributed by atoms with van der Waals surface area (Å²) in [7, 11) is -3.73. The number of primary sulfonamides is 1. The van der Waals surface area contributed by atoms with Crippen molar-refractivity contribution in [2.24, 2.45) is 5.14 Å². The van der Waals surface area contributed by atoms with Crippen LogP contribution in [0.4, 0.5) is 0 Å². The third-order valence-corrected chi connectivity index (χ3v) is 6.94. The minimum absolute atomic E-state index is 0.0702. The van der Waals surface area contributed by atoms with E-state index >= 15 is 0 Å². The average Bonchev–Trinajstić information content (AvgIpc) is 3.12. The fraction of sp³-hybridized carbons (Fsp3) is 0.389. The number of hydrogen-bond donors (Lipinski definition) is 2. The molecule has 27 heavy (non-hydrogen) atoms. The van der Waals surface area contributed by atoms with Gasteiger partial charge in [0, 0.05) is 24.5 Å². The van der Waals surface area contributed by atoms with E-state index < -0.39 is 10.0 Å². The first-order valence-corrected chi connectivity index (χ1v) is 11.0. The number of nitrogens with two attached hydrogens (primary N) is 1. The molecule has 0 bridgehead atoms. The molecule has 3 N–H and O–H groups in total. The predicted octanol–water partition coefficient (Wildman–Crippen LogP) is 1.13. The molecule has 9 heteroatoms. The predicted molar refractivity (Wildman–Crippen MR) is 104 cm³/mol. The van der Waals surface area contributed by atoms with E-state index in [0.717, 1.165) is 30.0 Å². The lowest BCUT2D eigenvalue weighted by atomic mass is 10.0. The average molecular weight is 410 g/mol. The van der Waals surface area contributed by atoms with Gasteiger partial charge in [-0.25, -0.2) is 13.6 Å². The third kappa shape index (κ3) is 5.60. The number of thiophene rings is 1. The Hall–Kier alpha value is -1.78. The Bertz CT molecular complexity index is 862. The van der Waals surface area contributed by atoms with Crippen molar-refractivity contribution < 1.29 is 17.9 Å². The van der Waals surface area contributed by atoms with Crippen LogP contribution < -0.4 is 10.5 Å². The first kappa shape index (κ1) is 20.0. The second kappa shape index (κ2) is 8.94. The molecule has 1 unspecified atom stereocenters. The van der Waals surface area contributed by atoms with Crippen molar-refractivity contribution in [1.29, 1.82) is 0 Å². The molecule has 1 aromatic heterocycles. The number of benzene rings is 1. The molecule has 0 saturated carbocycles. The van der Waals surface area contributed by atoms with Crippen LogP contribution in [0.5, 0.6) is 0 Å². The summed E-state index contributed by atoms with van der Waals surface area (Å²) >= 11 is 1.03. The summed E-state index contributed by atoms with van der Waals surface area (Å²) in [5.74, 6) is -0.146. The largest absolute Gasteiger partial charge is 0.379 e. The first-order valence-electron chi connectivity index (χ1n) is 8.68. The Balaban J connectivity index is 1.62. The lowest BCUT2D eigenvalue weighted by molar-refractivity contribution is -0.120. The summed E-state index contributed by atoms with van der Waals surface area (Å²) in [6.07, 6.45) is 0.130. The molecule has 0 aliphatic carbocycles. The van der Waals surface area contributed by atoms with Crippen molar-refractivity contribution in [3.8, 4) is 0 Å². The Labute approximate surface area is 163 Å². The van der Waals surface area contributed by atoms with Crippen molar-refractivity contribution in [2.45, 2.75) is 16.7 Å². The summed E-state index contributed by atoms with van der Waals surface area (Å²) in [5, 5.41) is 8.09. The van der Waals surface area contributed by atoms with Crippen LogP contribution in [0.15, 0.2) is 46.7 Å². The number of ether oxygens (including phenoxy) is 1. The molecule has 2 aromatic rings. The number of rotatable bonds is 7. The van der Waals surface area contributed by atoms with Crippen LogP contribution in [0.25, 0.3) is 0 Å². The van der Waals surface area contributed by atoms with E-state index in [4.69, 9.17) is 9.88 Å². The van der Waals surface area contributed by atoms with Crippen molar-refractivity contribution >= 4 is 27.3 Å². The lowest BCUT2D eigenvalue weighted by Gasteiger charge is -2.35. The van der Waals surface area contributed by atoms with E-state index in [-0.39, 0.29) is 22.6 Å². The lowest BCUT2D eigenvalue weighted by Crippen LogP contribution is -2.44. The maximum Gasteiger partial charge on any atom is 0.247 e. The van der Waals surface area contributed by atoms with Crippen molar-refractivity contribution in [2.75, 3.05) is 32.8 Å². The highest BCUT2D eigenvalue weighted by Crippen LogP contribution is 2.22. The number of nitrogens with one attached hydrogen (secondary N) is 1. The Kier molecular flexibility index (Phi) is 6.61. The molecular formula is C18H23N3O4S2. The maximum absolute atomic E-state index is 12.4. The topological polar surface area (TPSA) is 102 Å². The molecule has 7 nitrogen and oxygen atoms in total. The van der Waals surface area contributed by atoms with E-state index in [2.05, 4.69) is 22.3 Å². The molecule has 3 rings (SSSR count). The maximum atomic E-state index is 12.4. The fourth-order valence-corrected chi connectivity index (χ4v) is 4.84. The number of sulfonamides is 1. The van der Waals surface area contributed by atoms with Crippen LogP contribution in [0.2, 0.25) is 0 Å². The number of morpholine rings is 1. The summed E-state index contributed by atoms with van der Waals surface area (Å²) in [6, 6.07) is 13.2. The highest BCUT2D eigenvalue weighted by molar-refractivity contribution is 7.91. The summed E-state index contributed by atoms with van der Waals surface area (Å²) < 4.78 is 28.2. The van der Waals surface area contributed by atoms with Crippen molar-refractivity contribution in [1.82, 2.24) is 10.2 Å². The van der Waals surface area contributed by atoms with E-state index in [1.54, 1.807) is 6.07 Å². The van der Waals surface area contributed by atoms with E-state index in [0.29, 0.717) is 24.6 Å². The van der Waals surface area contributed by atoms with Gasteiger partial charge >= 0.3 is 0 Å². The SMILES string of the molecule is NS(=O)(=O)c1ccc(CC(=O)NCC(c2ccccc2)N2CCOCC2)s1. The standard InChI is InChI=1S/C18H23N3O4S2/c19-27(23,24)18-7-6-15(26-18)12-17(22)20-13-16(14-4-2-1-3-5-14)21-8-10-25-11-9-21/h1-7,16H,8-13H2,(H,20,22)(H2,19,23,24). The monoisotopic (exact) mass is 409 g/mol. The summed E-state index contributed by atoms with van der Waals surface area (Å²) in [5.41, 5.74) is 1.15. The normalized spacial score (nSPS) is 16.8. The highest BCUT2D eigenvalue weighted by atomic mass is 32.2. The van der Waals surface area contributed by atoms with E-state index in [1.165, 1.54) is 6.07 Å². The molecule has 1 aromatic carbocycles. The number of nitrogens with zero attached hydrogens (tertiary/aromatic N) is 1. The van der Waals surface area contributed by atoms with Crippen LogP contribution in [0, 0.1) is 0 Å². The van der Waals surface area contributed by atoms with Crippen LogP contribution in [0.1, 0.15) is 16.5 Å². The molecule has 0 radical (unpaired) electrons. The molecule has 0 spiro atoms. The molecule has 1 amide bonds. The Morgan fingerprint density at radius 3 is 2.52 bits per heavy atom. The molecule has 1 fully saturated rings. The van der Waals surface area contributed by atoms with E-state index in [9.17, 15) is 13.2 Å². The van der Waals surface area contributed by atoms with Gasteiger partial charge in [0.05, 0.1) is 25.7 Å². The van der Waals surface area contributed by atoms with Gasteiger partial charge in [0.15, 0.2) is 0 Å². The second-order valence-corrected chi connectivity index (χ2v) is 9.28. The van der Waals surface area contributed by atoms with Crippen LogP contribution in [0.3, 0.4) is 0 Å².